The number of carbonyl (C=O) groups excluding carboxylic acids is 3. The highest BCUT2D eigenvalue weighted by atomic mass is 16.6. The van der Waals surface area contributed by atoms with Crippen molar-refractivity contribution < 1.29 is 29.0 Å². The van der Waals surface area contributed by atoms with Gasteiger partial charge in [-0.2, -0.15) is 0 Å². The van der Waals surface area contributed by atoms with Gasteiger partial charge in [0.1, 0.15) is 17.6 Å². The number of hydrogen-bond acceptors (Lipinski definition) is 6. The molecule has 0 aliphatic carbocycles. The molecule has 8 nitrogen and oxygen atoms in total. The highest BCUT2D eigenvalue weighted by molar-refractivity contribution is 5.99. The van der Waals surface area contributed by atoms with Gasteiger partial charge in [0, 0.05) is 25.7 Å². The van der Waals surface area contributed by atoms with E-state index in [1.165, 1.54) is 4.90 Å². The number of nitrogens with zero attached hydrogens (tertiary/aromatic N) is 2. The summed E-state index contributed by atoms with van der Waals surface area (Å²) in [5.74, 6) is -2.50. The van der Waals surface area contributed by atoms with Crippen LogP contribution in [-0.4, -0.2) is 82.8 Å². The van der Waals surface area contributed by atoms with Crippen molar-refractivity contribution in [3.05, 3.63) is 24.3 Å². The normalized spacial score (nSPS) is 36.4. The Labute approximate surface area is 189 Å². The molecule has 0 aromatic rings. The van der Waals surface area contributed by atoms with Crippen molar-refractivity contribution in [2.75, 3.05) is 26.3 Å². The predicted molar refractivity (Wildman–Crippen MR) is 116 cm³/mol. The molecule has 2 unspecified atom stereocenters. The smallest absolute Gasteiger partial charge is 0.312 e. The molecule has 32 heavy (non-hydrogen) atoms. The van der Waals surface area contributed by atoms with Gasteiger partial charge in [-0.25, -0.2) is 0 Å². The number of ether oxygens (including phenoxy) is 2. The molecule has 0 aromatic carbocycles. The maximum absolute atomic E-state index is 13.9. The summed E-state index contributed by atoms with van der Waals surface area (Å²) in [4.78, 5) is 44.0. The average molecular weight is 447 g/mol. The third kappa shape index (κ3) is 3.67. The van der Waals surface area contributed by atoms with E-state index in [9.17, 15) is 19.5 Å². The largest absolute Gasteiger partial charge is 0.465 e. The predicted octanol–water partition coefficient (Wildman–Crippen LogP) is 1.43. The summed E-state index contributed by atoms with van der Waals surface area (Å²) in [5.41, 5.74) is -1.22. The second kappa shape index (κ2) is 9.35. The first-order valence-electron chi connectivity index (χ1n) is 11.9. The van der Waals surface area contributed by atoms with Crippen LogP contribution in [0.4, 0.5) is 0 Å². The average Bonchev–Trinajstić information content (AvgIpc) is 3.17. The minimum atomic E-state index is -1.22. The van der Waals surface area contributed by atoms with Crippen molar-refractivity contribution in [1.29, 1.82) is 0 Å². The van der Waals surface area contributed by atoms with E-state index in [0.717, 1.165) is 25.7 Å². The van der Waals surface area contributed by atoms with E-state index in [2.05, 4.69) is 6.92 Å². The molecular weight excluding hydrogens is 412 g/mol. The van der Waals surface area contributed by atoms with Crippen LogP contribution in [0.2, 0.25) is 0 Å². The van der Waals surface area contributed by atoms with Crippen LogP contribution in [0.3, 0.4) is 0 Å². The summed E-state index contributed by atoms with van der Waals surface area (Å²) in [6, 6.07) is -0.842. The molecule has 1 N–H and O–H groups in total. The van der Waals surface area contributed by atoms with Gasteiger partial charge >= 0.3 is 5.97 Å². The maximum atomic E-state index is 13.9. The van der Waals surface area contributed by atoms with Gasteiger partial charge in [0.2, 0.25) is 11.8 Å². The Balaban J connectivity index is 1.78. The van der Waals surface area contributed by atoms with Gasteiger partial charge in [-0.1, -0.05) is 37.6 Å². The monoisotopic (exact) mass is 446 g/mol. The van der Waals surface area contributed by atoms with E-state index in [1.807, 2.05) is 36.1 Å². The number of esters is 1. The topological polar surface area (TPSA) is 96.4 Å². The zero-order valence-electron chi connectivity index (χ0n) is 18.9. The number of carbonyl (C=O) groups is 3. The van der Waals surface area contributed by atoms with E-state index in [0.29, 0.717) is 19.6 Å². The Bertz CT molecular complexity index is 810. The van der Waals surface area contributed by atoms with E-state index in [1.54, 1.807) is 0 Å². The molecule has 4 aliphatic rings. The van der Waals surface area contributed by atoms with Crippen LogP contribution in [0.1, 0.15) is 46.0 Å². The molecule has 0 bridgehead atoms. The highest BCUT2D eigenvalue weighted by Crippen LogP contribution is 2.53. The lowest BCUT2D eigenvalue weighted by Crippen LogP contribution is -2.56. The molecular formula is C24H34N2O6. The Morgan fingerprint density at radius 1 is 1.25 bits per heavy atom. The van der Waals surface area contributed by atoms with Crippen LogP contribution in [0.15, 0.2) is 24.3 Å². The molecule has 1 spiro atoms. The van der Waals surface area contributed by atoms with Gasteiger partial charge < -0.3 is 24.4 Å². The van der Waals surface area contributed by atoms with Crippen molar-refractivity contribution in [3.8, 4) is 0 Å². The molecule has 0 radical (unpaired) electrons. The highest BCUT2D eigenvalue weighted by Gasteiger charge is 2.71. The van der Waals surface area contributed by atoms with E-state index in [4.69, 9.17) is 9.47 Å². The summed E-state index contributed by atoms with van der Waals surface area (Å²) < 4.78 is 12.0. The number of cyclic esters (lactones) is 1. The lowest BCUT2D eigenvalue weighted by Gasteiger charge is -2.37. The van der Waals surface area contributed by atoms with Crippen molar-refractivity contribution in [1.82, 2.24) is 9.80 Å². The van der Waals surface area contributed by atoms with Crippen molar-refractivity contribution in [2.24, 2.45) is 11.8 Å². The molecule has 4 heterocycles. The number of aliphatic hydroxyl groups is 1. The van der Waals surface area contributed by atoms with Gasteiger partial charge in [-0.3, -0.25) is 14.4 Å². The fourth-order valence-electron chi connectivity index (χ4n) is 5.72. The number of allylic oxidation sites excluding steroid dienone is 1. The molecule has 8 heteroatoms. The van der Waals surface area contributed by atoms with E-state index >= 15 is 0 Å². The van der Waals surface area contributed by atoms with Gasteiger partial charge in [-0.15, -0.1) is 0 Å². The number of hydrogen-bond donors (Lipinski definition) is 1. The van der Waals surface area contributed by atoms with Crippen LogP contribution in [0.5, 0.6) is 0 Å². The van der Waals surface area contributed by atoms with Crippen molar-refractivity contribution in [2.45, 2.75) is 69.7 Å². The number of aliphatic hydroxyl groups excluding tert-OH is 1. The van der Waals surface area contributed by atoms with Crippen LogP contribution in [0.25, 0.3) is 0 Å². The summed E-state index contributed by atoms with van der Waals surface area (Å²) in [6.07, 6.45) is 10.6. The van der Waals surface area contributed by atoms with Crippen LogP contribution in [-0.2, 0) is 23.9 Å². The first-order chi connectivity index (χ1) is 15.5. The Morgan fingerprint density at radius 2 is 2.06 bits per heavy atom. The lowest BCUT2D eigenvalue weighted by molar-refractivity contribution is -0.155. The minimum Gasteiger partial charge on any atom is -0.465 e. The summed E-state index contributed by atoms with van der Waals surface area (Å²) in [7, 11) is 0. The zero-order valence-corrected chi connectivity index (χ0v) is 18.9. The second-order valence-corrected chi connectivity index (χ2v) is 9.22. The van der Waals surface area contributed by atoms with Crippen LogP contribution in [0, 0.1) is 11.8 Å². The van der Waals surface area contributed by atoms with Gasteiger partial charge in [0.25, 0.3) is 0 Å². The second-order valence-electron chi connectivity index (χ2n) is 9.22. The molecule has 4 rings (SSSR count). The number of likely N-dealkylation sites (tertiary alicyclic amines) is 1. The molecule has 6 atom stereocenters. The van der Waals surface area contributed by atoms with Gasteiger partial charge in [0.05, 0.1) is 18.6 Å². The Morgan fingerprint density at radius 3 is 2.81 bits per heavy atom. The first-order valence-corrected chi connectivity index (χ1v) is 11.9. The number of rotatable bonds is 6. The number of amides is 2. The fraction of sp³-hybridized carbons (Fsp3) is 0.708. The molecule has 2 saturated heterocycles. The van der Waals surface area contributed by atoms with E-state index in [-0.39, 0.29) is 31.0 Å². The Hall–Kier alpha value is -2.19. The minimum absolute atomic E-state index is 0.0181. The third-order valence-electron chi connectivity index (χ3n) is 7.18. The van der Waals surface area contributed by atoms with Crippen molar-refractivity contribution >= 4 is 17.8 Å². The summed E-state index contributed by atoms with van der Waals surface area (Å²) in [6.45, 7) is 4.98. The molecule has 2 amide bonds. The van der Waals surface area contributed by atoms with E-state index < -0.39 is 35.6 Å². The molecule has 2 fully saturated rings. The van der Waals surface area contributed by atoms with Crippen molar-refractivity contribution in [3.63, 3.8) is 0 Å². The van der Waals surface area contributed by atoms with Crippen LogP contribution < -0.4 is 0 Å². The third-order valence-corrected chi connectivity index (χ3v) is 7.18. The first kappa shape index (κ1) is 23.0. The van der Waals surface area contributed by atoms with Gasteiger partial charge in [-0.05, 0) is 32.6 Å². The lowest BCUT2D eigenvalue weighted by atomic mass is 9.78. The maximum Gasteiger partial charge on any atom is 0.312 e. The number of fused-ring (bicyclic) bond motifs is 2. The molecule has 176 valence electrons. The molecule has 4 aliphatic heterocycles. The zero-order chi connectivity index (χ0) is 22.9. The van der Waals surface area contributed by atoms with Gasteiger partial charge in [0.15, 0.2) is 0 Å². The Kier molecular flexibility index (Phi) is 6.72. The summed E-state index contributed by atoms with van der Waals surface area (Å²) in [5, 5.41) is 9.41. The fourth-order valence-corrected chi connectivity index (χ4v) is 5.72. The molecule has 0 saturated carbocycles. The summed E-state index contributed by atoms with van der Waals surface area (Å²) >= 11 is 0. The van der Waals surface area contributed by atoms with Crippen LogP contribution >= 0.6 is 0 Å². The SMILES string of the molecule is CCCC(C)N1CC=C[C@]23O[C@H]4/C=C\CCCOC(=O)[C@H]4[C@H]2C(=O)N(CCCO)C3C1=O. The quantitative estimate of drug-likeness (QED) is 0.490. The molecule has 0 aromatic heterocycles. The standard InChI is InChI=1S/C24H34N2O6/c1-3-9-16(2)25-12-7-11-24-19(21(28)26(13-8-14-27)20(24)22(25)29)18-17(32-24)10-5-4-6-15-31-23(18)30/h5,7,10-11,16-20,27H,3-4,6,8-9,12-15H2,1-2H3/b10-5-/t16?,17-,18+,19-,20?,24-/m0/s1.